The maximum absolute atomic E-state index is 3.73. The molecule has 86 valence electrons. The molecule has 0 fully saturated rings. The first kappa shape index (κ1) is 14.0. The zero-order valence-corrected chi connectivity index (χ0v) is 10.9. The Morgan fingerprint density at radius 2 is 1.29 bits per heavy atom. The van der Waals surface area contributed by atoms with E-state index in [1.165, 1.54) is 19.3 Å². The first-order chi connectivity index (χ1) is 6.56. The summed E-state index contributed by atoms with van der Waals surface area (Å²) < 4.78 is 0. The van der Waals surface area contributed by atoms with Crippen LogP contribution in [0.25, 0.3) is 0 Å². The van der Waals surface area contributed by atoms with E-state index in [4.69, 9.17) is 0 Å². The third kappa shape index (κ3) is 4.45. The number of hydrogen-bond donors (Lipinski definition) is 1. The molecule has 3 atom stereocenters. The maximum Gasteiger partial charge on any atom is 0.00693 e. The number of hydrogen-bond acceptors (Lipinski definition) is 1. The first-order valence-electron chi connectivity index (χ1n) is 6.32. The van der Waals surface area contributed by atoms with E-state index in [1.807, 2.05) is 0 Å². The molecule has 0 heterocycles. The second kappa shape index (κ2) is 7.28. The van der Waals surface area contributed by atoms with Crippen LogP contribution in [0.1, 0.15) is 60.8 Å². The van der Waals surface area contributed by atoms with Crippen LogP contribution in [0.3, 0.4) is 0 Å². The van der Waals surface area contributed by atoms with Gasteiger partial charge in [0, 0.05) is 12.1 Å². The molecule has 3 unspecified atom stereocenters. The van der Waals surface area contributed by atoms with Crippen LogP contribution in [0.15, 0.2) is 0 Å². The summed E-state index contributed by atoms with van der Waals surface area (Å²) in [5.74, 6) is 1.62. The average molecular weight is 199 g/mol. The van der Waals surface area contributed by atoms with Crippen LogP contribution in [0.4, 0.5) is 0 Å². The van der Waals surface area contributed by atoms with Gasteiger partial charge in [0.25, 0.3) is 0 Å². The summed E-state index contributed by atoms with van der Waals surface area (Å²) in [6, 6.07) is 1.31. The van der Waals surface area contributed by atoms with Crippen LogP contribution in [-0.2, 0) is 0 Å². The van der Waals surface area contributed by atoms with E-state index in [-0.39, 0.29) is 0 Å². The van der Waals surface area contributed by atoms with Gasteiger partial charge in [-0.2, -0.15) is 0 Å². The van der Waals surface area contributed by atoms with Gasteiger partial charge in [-0.1, -0.05) is 47.0 Å². The highest BCUT2D eigenvalue weighted by atomic mass is 14.9. The van der Waals surface area contributed by atoms with Crippen molar-refractivity contribution in [1.82, 2.24) is 5.32 Å². The summed E-state index contributed by atoms with van der Waals surface area (Å²) in [5, 5.41) is 3.73. The van der Waals surface area contributed by atoms with Crippen LogP contribution in [-0.4, -0.2) is 12.1 Å². The van der Waals surface area contributed by atoms with Gasteiger partial charge in [0.2, 0.25) is 0 Å². The first-order valence-corrected chi connectivity index (χ1v) is 6.32. The molecule has 1 N–H and O–H groups in total. The van der Waals surface area contributed by atoms with E-state index >= 15 is 0 Å². The average Bonchev–Trinajstić information content (AvgIpc) is 2.18. The lowest BCUT2D eigenvalue weighted by Crippen LogP contribution is -2.42. The highest BCUT2D eigenvalue weighted by Crippen LogP contribution is 2.15. The highest BCUT2D eigenvalue weighted by molar-refractivity contribution is 4.76. The van der Waals surface area contributed by atoms with E-state index < -0.39 is 0 Å². The van der Waals surface area contributed by atoms with Crippen molar-refractivity contribution in [1.29, 1.82) is 0 Å². The molecule has 0 amide bonds. The topological polar surface area (TPSA) is 12.0 Å². The van der Waals surface area contributed by atoms with Crippen LogP contribution >= 0.6 is 0 Å². The van der Waals surface area contributed by atoms with E-state index in [2.05, 4.69) is 46.9 Å². The molecule has 0 saturated heterocycles. The van der Waals surface area contributed by atoms with Gasteiger partial charge in [0.05, 0.1) is 0 Å². The minimum absolute atomic E-state index is 0.649. The van der Waals surface area contributed by atoms with Crippen molar-refractivity contribution < 1.29 is 0 Å². The van der Waals surface area contributed by atoms with Crippen molar-refractivity contribution >= 4 is 0 Å². The molecule has 14 heavy (non-hydrogen) atoms. The Kier molecular flexibility index (Phi) is 7.26. The molecule has 1 nitrogen and oxygen atoms in total. The van der Waals surface area contributed by atoms with Crippen molar-refractivity contribution in [3.05, 3.63) is 0 Å². The normalized spacial score (nSPS) is 18.2. The molecule has 0 aliphatic carbocycles. The minimum atomic E-state index is 0.649. The molecule has 0 aliphatic rings. The van der Waals surface area contributed by atoms with E-state index in [9.17, 15) is 0 Å². The van der Waals surface area contributed by atoms with Gasteiger partial charge < -0.3 is 5.32 Å². The second-order valence-corrected chi connectivity index (χ2v) is 4.71. The van der Waals surface area contributed by atoms with E-state index in [0.717, 1.165) is 11.8 Å². The molecule has 0 aromatic carbocycles. The second-order valence-electron chi connectivity index (χ2n) is 4.71. The van der Waals surface area contributed by atoms with Crippen LogP contribution in [0.5, 0.6) is 0 Å². The quantitative estimate of drug-likeness (QED) is 0.657. The number of rotatable bonds is 7. The lowest BCUT2D eigenvalue weighted by molar-refractivity contribution is 0.286. The van der Waals surface area contributed by atoms with Gasteiger partial charge >= 0.3 is 0 Å². The van der Waals surface area contributed by atoms with Crippen LogP contribution in [0, 0.1) is 11.8 Å². The molecular weight excluding hydrogens is 170 g/mol. The van der Waals surface area contributed by atoms with Crippen molar-refractivity contribution in [3.63, 3.8) is 0 Å². The van der Waals surface area contributed by atoms with Gasteiger partial charge in [0.1, 0.15) is 0 Å². The Labute approximate surface area is 90.7 Å². The summed E-state index contributed by atoms with van der Waals surface area (Å²) in [5.41, 5.74) is 0. The Bertz CT molecular complexity index is 129. The van der Waals surface area contributed by atoms with Gasteiger partial charge in [0.15, 0.2) is 0 Å². The fourth-order valence-corrected chi connectivity index (χ4v) is 2.06. The maximum atomic E-state index is 3.73. The fourth-order valence-electron chi connectivity index (χ4n) is 2.06. The van der Waals surface area contributed by atoms with Crippen LogP contribution < -0.4 is 5.32 Å². The molecule has 0 aromatic rings. The summed E-state index contributed by atoms with van der Waals surface area (Å²) in [6.45, 7) is 13.8. The molecular formula is C13H29N. The van der Waals surface area contributed by atoms with E-state index in [1.54, 1.807) is 0 Å². The molecule has 0 aromatic heterocycles. The van der Waals surface area contributed by atoms with Crippen molar-refractivity contribution in [2.24, 2.45) is 11.8 Å². The summed E-state index contributed by atoms with van der Waals surface area (Å²) in [4.78, 5) is 0. The fraction of sp³-hybridized carbons (Fsp3) is 1.00. The third-order valence-electron chi connectivity index (χ3n) is 3.78. The van der Waals surface area contributed by atoms with Crippen molar-refractivity contribution in [2.75, 3.05) is 0 Å². The lowest BCUT2D eigenvalue weighted by atomic mass is 9.93. The zero-order valence-electron chi connectivity index (χ0n) is 10.9. The smallest absolute Gasteiger partial charge is 0.00693 e. The molecule has 0 aliphatic heterocycles. The summed E-state index contributed by atoms with van der Waals surface area (Å²) >= 11 is 0. The molecule has 0 saturated carbocycles. The highest BCUT2D eigenvalue weighted by Gasteiger charge is 2.17. The molecule has 1 heteroatoms. The molecule has 0 radical (unpaired) electrons. The molecule has 0 rings (SSSR count). The summed E-state index contributed by atoms with van der Waals surface area (Å²) in [7, 11) is 0. The Morgan fingerprint density at radius 3 is 1.64 bits per heavy atom. The van der Waals surface area contributed by atoms with Gasteiger partial charge in [-0.25, -0.2) is 0 Å². The third-order valence-corrected chi connectivity index (χ3v) is 3.78. The van der Waals surface area contributed by atoms with E-state index in [0.29, 0.717) is 12.1 Å². The largest absolute Gasteiger partial charge is 0.311 e. The number of nitrogens with one attached hydrogen (secondary N) is 1. The zero-order chi connectivity index (χ0) is 11.1. The van der Waals surface area contributed by atoms with Gasteiger partial charge in [-0.3, -0.25) is 0 Å². The Morgan fingerprint density at radius 1 is 0.786 bits per heavy atom. The van der Waals surface area contributed by atoms with Crippen molar-refractivity contribution in [3.8, 4) is 0 Å². The monoisotopic (exact) mass is 199 g/mol. The Hall–Kier alpha value is -0.0400. The molecule has 0 bridgehead atoms. The predicted octanol–water partition coefficient (Wildman–Crippen LogP) is 3.84. The van der Waals surface area contributed by atoms with Gasteiger partial charge in [-0.05, 0) is 25.7 Å². The minimum Gasteiger partial charge on any atom is -0.311 e. The predicted molar refractivity (Wildman–Crippen MR) is 65.6 cm³/mol. The standard InChI is InChI=1S/C13H29N/c1-7-10(4)11(5)14-12(6)13(8-2)9-3/h10-14H,7-9H2,1-6H3. The SMILES string of the molecule is CCC(C)C(C)NC(C)C(CC)CC. The Balaban J connectivity index is 3.96. The lowest BCUT2D eigenvalue weighted by Gasteiger charge is -2.29. The van der Waals surface area contributed by atoms with Gasteiger partial charge in [-0.15, -0.1) is 0 Å². The summed E-state index contributed by atoms with van der Waals surface area (Å²) in [6.07, 6.45) is 3.85. The van der Waals surface area contributed by atoms with Crippen molar-refractivity contribution in [2.45, 2.75) is 72.9 Å². The van der Waals surface area contributed by atoms with Crippen LogP contribution in [0.2, 0.25) is 0 Å². The molecule has 0 spiro atoms.